The molecule has 0 bridgehead atoms. The van der Waals surface area contributed by atoms with E-state index in [1.807, 2.05) is 0 Å². The van der Waals surface area contributed by atoms with Crippen molar-refractivity contribution in [3.05, 3.63) is 40.3 Å². The lowest BCUT2D eigenvalue weighted by Gasteiger charge is -2.23. The molecular weight excluding hydrogens is 190 g/mol. The van der Waals surface area contributed by atoms with Crippen LogP contribution >= 0.6 is 0 Å². The van der Waals surface area contributed by atoms with E-state index < -0.39 is 0 Å². The molecule has 0 saturated heterocycles. The van der Waals surface area contributed by atoms with Crippen LogP contribution in [0.4, 0.5) is 5.69 Å². The molecule has 1 aliphatic carbocycles. The summed E-state index contributed by atoms with van der Waals surface area (Å²) < 4.78 is 0. The molecule has 0 amide bonds. The highest BCUT2D eigenvalue weighted by atomic mass is 16.1. The van der Waals surface area contributed by atoms with Gasteiger partial charge in [-0.15, -0.1) is 0 Å². The maximum atomic E-state index is 11.8. The van der Waals surface area contributed by atoms with Gasteiger partial charge < -0.3 is 0 Å². The average molecular weight is 201 g/mol. The predicted molar refractivity (Wildman–Crippen MR) is 56.9 cm³/mol. The van der Waals surface area contributed by atoms with Crippen LogP contribution in [-0.4, -0.2) is 5.78 Å². The van der Waals surface area contributed by atoms with Gasteiger partial charge in [-0.05, 0) is 18.4 Å². The Kier molecular flexibility index (Phi) is 2.70. The largest absolute Gasteiger partial charge is 0.294 e. The zero-order chi connectivity index (χ0) is 10.7. The number of nitrogens with zero attached hydrogens (tertiary/aromatic N) is 3. The van der Waals surface area contributed by atoms with Crippen LogP contribution in [0.1, 0.15) is 29.6 Å². The fraction of sp³-hybridized carbons (Fsp3) is 0.364. The molecule has 0 spiro atoms. The van der Waals surface area contributed by atoms with Crippen molar-refractivity contribution in [1.29, 1.82) is 0 Å². The summed E-state index contributed by atoms with van der Waals surface area (Å²) in [4.78, 5) is 14.5. The molecule has 0 aromatic heterocycles. The van der Waals surface area contributed by atoms with Gasteiger partial charge in [0.05, 0.1) is 0 Å². The number of ketones is 1. The number of benzene rings is 1. The Labute approximate surface area is 87.5 Å². The second-order valence-corrected chi connectivity index (χ2v) is 3.73. The summed E-state index contributed by atoms with van der Waals surface area (Å²) in [6.45, 7) is 0. The number of rotatable bonds is 3. The standard InChI is InChI=1S/C11H11N3O/c12-14-13-10-6-4-9(5-7-10)11(15)8-2-1-3-8/h4-8H,1-3H2. The summed E-state index contributed by atoms with van der Waals surface area (Å²) >= 11 is 0. The van der Waals surface area contributed by atoms with Gasteiger partial charge in [-0.25, -0.2) is 0 Å². The average Bonchev–Trinajstić information content (AvgIpc) is 2.16. The van der Waals surface area contributed by atoms with E-state index in [4.69, 9.17) is 5.53 Å². The molecule has 1 saturated carbocycles. The number of carbonyl (C=O) groups is 1. The topological polar surface area (TPSA) is 65.8 Å². The summed E-state index contributed by atoms with van der Waals surface area (Å²) in [5, 5.41) is 3.46. The first-order valence-electron chi connectivity index (χ1n) is 5.00. The van der Waals surface area contributed by atoms with Crippen molar-refractivity contribution in [2.24, 2.45) is 11.0 Å². The van der Waals surface area contributed by atoms with E-state index in [0.717, 1.165) is 24.8 Å². The first-order chi connectivity index (χ1) is 7.31. The van der Waals surface area contributed by atoms with Crippen molar-refractivity contribution >= 4 is 11.5 Å². The molecule has 15 heavy (non-hydrogen) atoms. The van der Waals surface area contributed by atoms with Gasteiger partial charge in [0.15, 0.2) is 5.78 Å². The number of hydrogen-bond acceptors (Lipinski definition) is 2. The van der Waals surface area contributed by atoms with Crippen LogP contribution in [0.15, 0.2) is 29.4 Å². The van der Waals surface area contributed by atoms with Gasteiger partial charge in [0.1, 0.15) is 0 Å². The SMILES string of the molecule is [N-]=[N+]=Nc1ccc(C(=O)C2CCC2)cc1. The van der Waals surface area contributed by atoms with Crippen LogP contribution in [0.5, 0.6) is 0 Å². The third-order valence-corrected chi connectivity index (χ3v) is 2.79. The quantitative estimate of drug-likeness (QED) is 0.319. The van der Waals surface area contributed by atoms with Crippen molar-refractivity contribution < 1.29 is 4.79 Å². The molecule has 0 heterocycles. The van der Waals surface area contributed by atoms with Crippen molar-refractivity contribution in [3.63, 3.8) is 0 Å². The normalized spacial score (nSPS) is 15.2. The molecule has 4 heteroatoms. The molecule has 0 N–H and O–H groups in total. The van der Waals surface area contributed by atoms with Crippen molar-refractivity contribution in [1.82, 2.24) is 0 Å². The molecule has 76 valence electrons. The van der Waals surface area contributed by atoms with E-state index in [1.165, 1.54) is 0 Å². The van der Waals surface area contributed by atoms with Crippen LogP contribution in [0, 0.1) is 5.92 Å². The lowest BCUT2D eigenvalue weighted by atomic mass is 9.80. The zero-order valence-electron chi connectivity index (χ0n) is 8.26. The predicted octanol–water partition coefficient (Wildman–Crippen LogP) is 3.61. The monoisotopic (exact) mass is 201 g/mol. The lowest BCUT2D eigenvalue weighted by Crippen LogP contribution is -2.21. The van der Waals surface area contributed by atoms with E-state index in [1.54, 1.807) is 24.3 Å². The smallest absolute Gasteiger partial charge is 0.165 e. The zero-order valence-corrected chi connectivity index (χ0v) is 8.26. The van der Waals surface area contributed by atoms with Gasteiger partial charge >= 0.3 is 0 Å². The molecule has 4 nitrogen and oxygen atoms in total. The van der Waals surface area contributed by atoms with Crippen LogP contribution in [0.3, 0.4) is 0 Å². The third kappa shape index (κ3) is 2.00. The molecule has 0 atom stereocenters. The molecule has 0 aliphatic heterocycles. The number of carbonyl (C=O) groups excluding carboxylic acids is 1. The molecule has 1 aromatic carbocycles. The minimum atomic E-state index is 0.216. The van der Waals surface area contributed by atoms with Gasteiger partial charge in [-0.3, -0.25) is 4.79 Å². The Morgan fingerprint density at radius 1 is 1.33 bits per heavy atom. The second kappa shape index (κ2) is 4.15. The van der Waals surface area contributed by atoms with E-state index in [9.17, 15) is 4.79 Å². The fourth-order valence-electron chi connectivity index (χ4n) is 1.65. The summed E-state index contributed by atoms with van der Waals surface area (Å²) in [6, 6.07) is 6.80. The molecule has 1 aromatic rings. The van der Waals surface area contributed by atoms with Crippen LogP contribution in [-0.2, 0) is 0 Å². The first-order valence-corrected chi connectivity index (χ1v) is 5.00. The Hall–Kier alpha value is -1.80. The van der Waals surface area contributed by atoms with Gasteiger partial charge in [-0.2, -0.15) is 0 Å². The van der Waals surface area contributed by atoms with Crippen molar-refractivity contribution in [3.8, 4) is 0 Å². The van der Waals surface area contributed by atoms with Gasteiger partial charge in [0.2, 0.25) is 0 Å². The summed E-state index contributed by atoms with van der Waals surface area (Å²) in [5.74, 6) is 0.434. The molecular formula is C11H11N3O. The molecule has 0 unspecified atom stereocenters. The lowest BCUT2D eigenvalue weighted by molar-refractivity contribution is 0.0855. The molecule has 2 rings (SSSR count). The highest BCUT2D eigenvalue weighted by molar-refractivity contribution is 5.98. The Bertz CT molecular complexity index is 414. The van der Waals surface area contributed by atoms with Gasteiger partial charge in [0, 0.05) is 22.1 Å². The van der Waals surface area contributed by atoms with Crippen molar-refractivity contribution in [2.75, 3.05) is 0 Å². The minimum absolute atomic E-state index is 0.216. The minimum Gasteiger partial charge on any atom is -0.294 e. The van der Waals surface area contributed by atoms with E-state index in [2.05, 4.69) is 10.0 Å². The van der Waals surface area contributed by atoms with E-state index in [0.29, 0.717) is 5.69 Å². The molecule has 1 aliphatic rings. The van der Waals surface area contributed by atoms with Crippen molar-refractivity contribution in [2.45, 2.75) is 19.3 Å². The van der Waals surface area contributed by atoms with Gasteiger partial charge in [0.25, 0.3) is 0 Å². The van der Waals surface area contributed by atoms with E-state index in [-0.39, 0.29) is 11.7 Å². The summed E-state index contributed by atoms with van der Waals surface area (Å²) in [7, 11) is 0. The fourth-order valence-corrected chi connectivity index (χ4v) is 1.65. The maximum absolute atomic E-state index is 11.8. The second-order valence-electron chi connectivity index (χ2n) is 3.73. The summed E-state index contributed by atoms with van der Waals surface area (Å²) in [5.41, 5.74) is 9.49. The van der Waals surface area contributed by atoms with Crippen LogP contribution in [0.25, 0.3) is 10.4 Å². The maximum Gasteiger partial charge on any atom is 0.165 e. The highest BCUT2D eigenvalue weighted by Gasteiger charge is 2.25. The number of azide groups is 1. The highest BCUT2D eigenvalue weighted by Crippen LogP contribution is 2.30. The van der Waals surface area contributed by atoms with Gasteiger partial charge in [-0.1, -0.05) is 35.8 Å². The van der Waals surface area contributed by atoms with Crippen LogP contribution < -0.4 is 0 Å². The Balaban J connectivity index is 2.15. The first kappa shape index (κ1) is 9.74. The number of hydrogen-bond donors (Lipinski definition) is 0. The number of Topliss-reactive ketones (excluding diaryl/α,β-unsaturated/α-hetero) is 1. The third-order valence-electron chi connectivity index (χ3n) is 2.79. The van der Waals surface area contributed by atoms with Crippen LogP contribution in [0.2, 0.25) is 0 Å². The molecule has 1 fully saturated rings. The Morgan fingerprint density at radius 3 is 2.47 bits per heavy atom. The van der Waals surface area contributed by atoms with E-state index >= 15 is 0 Å². The molecule has 0 radical (unpaired) electrons. The summed E-state index contributed by atoms with van der Waals surface area (Å²) in [6.07, 6.45) is 3.18. The Morgan fingerprint density at radius 2 is 2.00 bits per heavy atom.